The highest BCUT2D eigenvalue weighted by Gasteiger charge is 2.35. The Kier molecular flexibility index (Phi) is 4.22. The smallest absolute Gasteiger partial charge is 0.0601 e. The van der Waals surface area contributed by atoms with E-state index in [2.05, 4.69) is 24.1 Å². The van der Waals surface area contributed by atoms with Crippen molar-refractivity contribution in [1.29, 1.82) is 0 Å². The summed E-state index contributed by atoms with van der Waals surface area (Å²) in [5, 5.41) is 3.64. The fourth-order valence-electron chi connectivity index (χ4n) is 2.94. The molecule has 3 heteroatoms. The third-order valence-electron chi connectivity index (χ3n) is 3.96. The monoisotopic (exact) mass is 226 g/mol. The van der Waals surface area contributed by atoms with Crippen molar-refractivity contribution >= 4 is 0 Å². The second-order valence-electron chi connectivity index (χ2n) is 5.76. The highest BCUT2D eigenvalue weighted by atomic mass is 16.5. The van der Waals surface area contributed by atoms with Crippen molar-refractivity contribution in [2.45, 2.75) is 51.3 Å². The van der Waals surface area contributed by atoms with Crippen molar-refractivity contribution in [3.63, 3.8) is 0 Å². The highest BCUT2D eigenvalue weighted by Crippen LogP contribution is 2.28. The number of ether oxygens (including phenoxy) is 1. The Bertz CT molecular complexity index is 214. The van der Waals surface area contributed by atoms with E-state index < -0.39 is 0 Å². The first kappa shape index (κ1) is 12.3. The van der Waals surface area contributed by atoms with Gasteiger partial charge in [0.05, 0.1) is 6.10 Å². The van der Waals surface area contributed by atoms with Crippen molar-refractivity contribution in [2.75, 3.05) is 26.7 Å². The van der Waals surface area contributed by atoms with Crippen molar-refractivity contribution in [3.8, 4) is 0 Å². The van der Waals surface area contributed by atoms with Crippen LogP contribution >= 0.6 is 0 Å². The molecule has 2 fully saturated rings. The molecular formula is C13H26N2O. The van der Waals surface area contributed by atoms with Crippen LogP contribution in [0.15, 0.2) is 0 Å². The fourth-order valence-corrected chi connectivity index (χ4v) is 2.94. The van der Waals surface area contributed by atoms with Crippen LogP contribution in [0, 0.1) is 5.92 Å². The van der Waals surface area contributed by atoms with E-state index >= 15 is 0 Å². The first-order valence-electron chi connectivity index (χ1n) is 6.69. The minimum Gasteiger partial charge on any atom is -0.381 e. The fraction of sp³-hybridized carbons (Fsp3) is 1.00. The summed E-state index contributed by atoms with van der Waals surface area (Å²) in [6.45, 7) is 8.23. The molecule has 1 atom stereocenters. The Labute approximate surface area is 99.5 Å². The summed E-state index contributed by atoms with van der Waals surface area (Å²) in [4.78, 5) is 2.67. The molecule has 0 bridgehead atoms. The van der Waals surface area contributed by atoms with E-state index in [0.29, 0.717) is 12.1 Å². The first-order chi connectivity index (χ1) is 7.69. The standard InChI is InChI=1S/C13H26N2O/c1-10(2)6-11-9-15(5-4-14-11)12-7-13(8-12)16-3/h10-14H,4-9H2,1-3H3. The van der Waals surface area contributed by atoms with Gasteiger partial charge >= 0.3 is 0 Å². The third kappa shape index (κ3) is 2.96. The van der Waals surface area contributed by atoms with Crippen molar-refractivity contribution in [1.82, 2.24) is 10.2 Å². The molecule has 1 saturated heterocycles. The van der Waals surface area contributed by atoms with Crippen LogP contribution in [-0.2, 0) is 4.74 Å². The first-order valence-corrected chi connectivity index (χ1v) is 6.69. The van der Waals surface area contributed by atoms with Gasteiger partial charge in [-0.15, -0.1) is 0 Å². The van der Waals surface area contributed by atoms with Gasteiger partial charge in [0.1, 0.15) is 0 Å². The van der Waals surface area contributed by atoms with Crippen LogP contribution < -0.4 is 5.32 Å². The summed E-state index contributed by atoms with van der Waals surface area (Å²) >= 11 is 0. The number of hydrogen-bond acceptors (Lipinski definition) is 3. The zero-order valence-electron chi connectivity index (χ0n) is 10.9. The van der Waals surface area contributed by atoms with Crippen LogP contribution in [0.3, 0.4) is 0 Å². The van der Waals surface area contributed by atoms with E-state index in [1.165, 1.54) is 32.4 Å². The van der Waals surface area contributed by atoms with Gasteiger partial charge in [-0.2, -0.15) is 0 Å². The van der Waals surface area contributed by atoms with Gasteiger partial charge < -0.3 is 10.1 Å². The molecule has 0 aromatic heterocycles. The van der Waals surface area contributed by atoms with E-state index in [4.69, 9.17) is 4.74 Å². The molecule has 1 aliphatic heterocycles. The molecule has 1 aliphatic carbocycles. The van der Waals surface area contributed by atoms with Crippen LogP contribution in [0.4, 0.5) is 0 Å². The predicted octanol–water partition coefficient (Wildman–Crippen LogP) is 1.48. The second kappa shape index (κ2) is 5.48. The Morgan fingerprint density at radius 3 is 2.75 bits per heavy atom. The van der Waals surface area contributed by atoms with E-state index in [9.17, 15) is 0 Å². The van der Waals surface area contributed by atoms with Crippen LogP contribution in [0.5, 0.6) is 0 Å². The van der Waals surface area contributed by atoms with Gasteiger partial charge in [-0.3, -0.25) is 4.90 Å². The number of rotatable bonds is 4. The number of nitrogens with zero attached hydrogens (tertiary/aromatic N) is 1. The molecule has 1 unspecified atom stereocenters. The molecule has 0 aromatic rings. The molecular weight excluding hydrogens is 200 g/mol. The third-order valence-corrected chi connectivity index (χ3v) is 3.96. The second-order valence-corrected chi connectivity index (χ2v) is 5.76. The van der Waals surface area contributed by atoms with Gasteiger partial charge in [-0.05, 0) is 25.2 Å². The summed E-state index contributed by atoms with van der Waals surface area (Å²) in [7, 11) is 1.83. The molecule has 0 radical (unpaired) electrons. The molecule has 94 valence electrons. The Balaban J connectivity index is 1.74. The summed E-state index contributed by atoms with van der Waals surface area (Å²) in [6, 6.07) is 1.50. The number of nitrogens with one attached hydrogen (secondary N) is 1. The van der Waals surface area contributed by atoms with Gasteiger partial charge in [0.25, 0.3) is 0 Å². The molecule has 2 rings (SSSR count). The maximum absolute atomic E-state index is 5.36. The maximum atomic E-state index is 5.36. The molecule has 1 N–H and O–H groups in total. The van der Waals surface area contributed by atoms with Crippen molar-refractivity contribution < 1.29 is 4.74 Å². The van der Waals surface area contributed by atoms with Gasteiger partial charge in [0.2, 0.25) is 0 Å². The van der Waals surface area contributed by atoms with Gasteiger partial charge in [0, 0.05) is 38.8 Å². The molecule has 2 aliphatic rings. The number of methoxy groups -OCH3 is 1. The zero-order valence-corrected chi connectivity index (χ0v) is 10.9. The maximum Gasteiger partial charge on any atom is 0.0601 e. The van der Waals surface area contributed by atoms with E-state index in [0.717, 1.165) is 18.5 Å². The van der Waals surface area contributed by atoms with Gasteiger partial charge in [-0.25, -0.2) is 0 Å². The average molecular weight is 226 g/mol. The Morgan fingerprint density at radius 2 is 2.12 bits per heavy atom. The quantitative estimate of drug-likeness (QED) is 0.786. The van der Waals surface area contributed by atoms with Gasteiger partial charge in [-0.1, -0.05) is 13.8 Å². The largest absolute Gasteiger partial charge is 0.381 e. The molecule has 1 heterocycles. The molecule has 3 nitrogen and oxygen atoms in total. The molecule has 0 aromatic carbocycles. The topological polar surface area (TPSA) is 24.5 Å². The minimum atomic E-state index is 0.531. The number of piperazine rings is 1. The highest BCUT2D eigenvalue weighted by molar-refractivity contribution is 4.92. The Morgan fingerprint density at radius 1 is 1.38 bits per heavy atom. The predicted molar refractivity (Wildman–Crippen MR) is 66.6 cm³/mol. The summed E-state index contributed by atoms with van der Waals surface area (Å²) in [5.41, 5.74) is 0. The van der Waals surface area contributed by atoms with Crippen molar-refractivity contribution in [2.24, 2.45) is 5.92 Å². The average Bonchev–Trinajstić information content (AvgIpc) is 2.15. The van der Waals surface area contributed by atoms with Crippen LogP contribution in [0.2, 0.25) is 0 Å². The SMILES string of the molecule is COC1CC(N2CCNC(CC(C)C)C2)C1. The molecule has 0 spiro atoms. The molecule has 16 heavy (non-hydrogen) atoms. The van der Waals surface area contributed by atoms with Crippen LogP contribution in [0.25, 0.3) is 0 Å². The Hall–Kier alpha value is -0.120. The molecule has 1 saturated carbocycles. The van der Waals surface area contributed by atoms with E-state index in [1.54, 1.807) is 0 Å². The normalized spacial score (nSPS) is 36.4. The van der Waals surface area contributed by atoms with Gasteiger partial charge in [0.15, 0.2) is 0 Å². The lowest BCUT2D eigenvalue weighted by atomic mass is 9.86. The van der Waals surface area contributed by atoms with Crippen molar-refractivity contribution in [3.05, 3.63) is 0 Å². The summed E-state index contributed by atoms with van der Waals surface area (Å²) in [5.74, 6) is 0.797. The van der Waals surface area contributed by atoms with E-state index in [-0.39, 0.29) is 0 Å². The minimum absolute atomic E-state index is 0.531. The summed E-state index contributed by atoms with van der Waals surface area (Å²) < 4.78 is 5.36. The lowest BCUT2D eigenvalue weighted by molar-refractivity contribution is -0.0354. The summed E-state index contributed by atoms with van der Waals surface area (Å²) in [6.07, 6.45) is 4.32. The van der Waals surface area contributed by atoms with E-state index in [1.807, 2.05) is 7.11 Å². The lowest BCUT2D eigenvalue weighted by Crippen LogP contribution is -2.58. The molecule has 0 amide bonds. The zero-order chi connectivity index (χ0) is 11.5. The lowest BCUT2D eigenvalue weighted by Gasteiger charge is -2.46. The van der Waals surface area contributed by atoms with Crippen LogP contribution in [-0.4, -0.2) is 49.8 Å². The number of hydrogen-bond donors (Lipinski definition) is 1. The van der Waals surface area contributed by atoms with Crippen LogP contribution in [0.1, 0.15) is 33.1 Å².